The SMILES string of the molecule is CCNc1c(NS(=O)(=O)c2ccc3c(c2)CCCC3)c(=O)oc2ccccc12. The average molecular weight is 398 g/mol. The lowest BCUT2D eigenvalue weighted by atomic mass is 9.92. The molecule has 0 spiro atoms. The highest BCUT2D eigenvalue weighted by Gasteiger charge is 2.23. The van der Waals surface area contributed by atoms with E-state index in [1.807, 2.05) is 19.1 Å². The first-order chi connectivity index (χ1) is 13.5. The van der Waals surface area contributed by atoms with E-state index in [2.05, 4.69) is 10.0 Å². The van der Waals surface area contributed by atoms with Crippen molar-refractivity contribution in [2.45, 2.75) is 37.5 Å². The minimum atomic E-state index is -3.93. The van der Waals surface area contributed by atoms with E-state index in [0.717, 1.165) is 31.2 Å². The summed E-state index contributed by atoms with van der Waals surface area (Å²) in [4.78, 5) is 12.7. The van der Waals surface area contributed by atoms with Gasteiger partial charge in [-0.05, 0) is 68.0 Å². The number of sulfonamides is 1. The second kappa shape index (κ2) is 7.31. The lowest BCUT2D eigenvalue weighted by Gasteiger charge is -2.18. The van der Waals surface area contributed by atoms with Crippen LogP contribution in [0.25, 0.3) is 11.0 Å². The van der Waals surface area contributed by atoms with Crippen LogP contribution in [0.5, 0.6) is 0 Å². The molecule has 146 valence electrons. The van der Waals surface area contributed by atoms with Gasteiger partial charge in [0.1, 0.15) is 5.58 Å². The lowest BCUT2D eigenvalue weighted by molar-refractivity contribution is 0.563. The standard InChI is InChI=1S/C21H22N2O4S/c1-2-22-19-17-9-5-6-10-18(17)27-21(24)20(19)23-28(25,26)16-12-11-14-7-3-4-8-15(14)13-16/h5-6,9-13,22-23H,2-4,7-8H2,1H3. The Morgan fingerprint density at radius 3 is 2.54 bits per heavy atom. The van der Waals surface area contributed by atoms with Crippen molar-refractivity contribution in [2.24, 2.45) is 0 Å². The van der Waals surface area contributed by atoms with E-state index in [4.69, 9.17) is 4.42 Å². The van der Waals surface area contributed by atoms with Gasteiger partial charge in [-0.15, -0.1) is 0 Å². The van der Waals surface area contributed by atoms with Crippen LogP contribution < -0.4 is 15.7 Å². The molecule has 1 aromatic heterocycles. The molecule has 0 atom stereocenters. The van der Waals surface area contributed by atoms with E-state index >= 15 is 0 Å². The normalized spacial score (nSPS) is 13.9. The third-order valence-corrected chi connectivity index (χ3v) is 6.38. The van der Waals surface area contributed by atoms with Crippen molar-refractivity contribution in [1.82, 2.24) is 0 Å². The van der Waals surface area contributed by atoms with Crippen molar-refractivity contribution < 1.29 is 12.8 Å². The highest BCUT2D eigenvalue weighted by Crippen LogP contribution is 2.31. The molecule has 0 unspecified atom stereocenters. The molecule has 0 saturated carbocycles. The van der Waals surface area contributed by atoms with E-state index in [-0.39, 0.29) is 10.6 Å². The first-order valence-electron chi connectivity index (χ1n) is 9.44. The second-order valence-corrected chi connectivity index (χ2v) is 8.59. The maximum absolute atomic E-state index is 13.0. The minimum Gasteiger partial charge on any atom is -0.421 e. The molecular formula is C21H22N2O4S. The van der Waals surface area contributed by atoms with Crippen LogP contribution in [0.4, 0.5) is 11.4 Å². The number of aryl methyl sites for hydroxylation is 2. The predicted molar refractivity (Wildman–Crippen MR) is 111 cm³/mol. The third-order valence-electron chi connectivity index (χ3n) is 5.03. The largest absolute Gasteiger partial charge is 0.421 e. The molecule has 28 heavy (non-hydrogen) atoms. The van der Waals surface area contributed by atoms with Gasteiger partial charge in [0.15, 0.2) is 5.69 Å². The Morgan fingerprint density at radius 1 is 1.00 bits per heavy atom. The summed E-state index contributed by atoms with van der Waals surface area (Å²) in [5.74, 6) is 0. The first-order valence-corrected chi connectivity index (χ1v) is 10.9. The molecule has 0 amide bonds. The molecule has 0 saturated heterocycles. The number of fused-ring (bicyclic) bond motifs is 2. The molecule has 2 N–H and O–H groups in total. The summed E-state index contributed by atoms with van der Waals surface area (Å²) in [6.07, 6.45) is 4.03. The Morgan fingerprint density at radius 2 is 1.75 bits per heavy atom. The van der Waals surface area contributed by atoms with Crippen LogP contribution in [0.2, 0.25) is 0 Å². The maximum Gasteiger partial charge on any atom is 0.363 e. The predicted octanol–water partition coefficient (Wildman–Crippen LogP) is 3.90. The minimum absolute atomic E-state index is 0.0988. The molecule has 6 nitrogen and oxygen atoms in total. The van der Waals surface area contributed by atoms with Gasteiger partial charge in [0.2, 0.25) is 0 Å². The Balaban J connectivity index is 1.79. The Bertz CT molecular complexity index is 1200. The smallest absolute Gasteiger partial charge is 0.363 e. The second-order valence-electron chi connectivity index (χ2n) is 6.91. The molecule has 0 fully saturated rings. The van der Waals surface area contributed by atoms with Crippen molar-refractivity contribution in [3.05, 3.63) is 64.0 Å². The van der Waals surface area contributed by atoms with Gasteiger partial charge in [-0.3, -0.25) is 4.72 Å². The molecule has 7 heteroatoms. The zero-order valence-corrected chi connectivity index (χ0v) is 16.4. The Labute approximate surface area is 163 Å². The van der Waals surface area contributed by atoms with E-state index < -0.39 is 15.6 Å². The van der Waals surface area contributed by atoms with Crippen LogP contribution in [0.15, 0.2) is 56.6 Å². The number of benzene rings is 2. The molecule has 4 rings (SSSR count). The number of anilines is 2. The maximum atomic E-state index is 13.0. The zero-order valence-electron chi connectivity index (χ0n) is 15.6. The van der Waals surface area contributed by atoms with Crippen molar-refractivity contribution in [3.8, 4) is 0 Å². The molecule has 0 radical (unpaired) electrons. The molecule has 0 bridgehead atoms. The molecule has 1 heterocycles. The number of rotatable bonds is 5. The summed E-state index contributed by atoms with van der Waals surface area (Å²) >= 11 is 0. The van der Waals surface area contributed by atoms with Crippen LogP contribution in [-0.2, 0) is 22.9 Å². The summed E-state index contributed by atoms with van der Waals surface area (Å²) < 4.78 is 33.8. The van der Waals surface area contributed by atoms with Gasteiger partial charge >= 0.3 is 5.63 Å². The fourth-order valence-corrected chi connectivity index (χ4v) is 4.79. The molecule has 2 aromatic carbocycles. The van der Waals surface area contributed by atoms with Gasteiger partial charge in [-0.2, -0.15) is 0 Å². The quantitative estimate of drug-likeness (QED) is 0.636. The summed E-state index contributed by atoms with van der Waals surface area (Å²) in [6, 6.07) is 12.2. The highest BCUT2D eigenvalue weighted by molar-refractivity contribution is 7.92. The van der Waals surface area contributed by atoms with Crippen LogP contribution in [-0.4, -0.2) is 15.0 Å². The van der Waals surface area contributed by atoms with Crippen molar-refractivity contribution in [1.29, 1.82) is 0 Å². The van der Waals surface area contributed by atoms with E-state index in [9.17, 15) is 13.2 Å². The van der Waals surface area contributed by atoms with E-state index in [0.29, 0.717) is 23.2 Å². The number of hydrogen-bond acceptors (Lipinski definition) is 5. The van der Waals surface area contributed by atoms with Gasteiger partial charge < -0.3 is 9.73 Å². The van der Waals surface area contributed by atoms with Crippen molar-refractivity contribution in [3.63, 3.8) is 0 Å². The van der Waals surface area contributed by atoms with Gasteiger partial charge in [0, 0.05) is 11.9 Å². The Kier molecular flexibility index (Phi) is 4.85. The van der Waals surface area contributed by atoms with Crippen LogP contribution in [0.3, 0.4) is 0 Å². The van der Waals surface area contributed by atoms with Crippen LogP contribution >= 0.6 is 0 Å². The van der Waals surface area contributed by atoms with E-state index in [1.54, 1.807) is 30.3 Å². The van der Waals surface area contributed by atoms with Crippen LogP contribution in [0.1, 0.15) is 30.9 Å². The van der Waals surface area contributed by atoms with Crippen LogP contribution in [0, 0.1) is 0 Å². The monoisotopic (exact) mass is 398 g/mol. The average Bonchev–Trinajstić information content (AvgIpc) is 2.70. The van der Waals surface area contributed by atoms with Crippen molar-refractivity contribution >= 4 is 32.4 Å². The fraction of sp³-hybridized carbons (Fsp3) is 0.286. The van der Waals surface area contributed by atoms with Gasteiger partial charge in [0.05, 0.1) is 10.6 Å². The summed E-state index contributed by atoms with van der Waals surface area (Å²) in [7, 11) is -3.93. The van der Waals surface area contributed by atoms with Gasteiger partial charge in [-0.1, -0.05) is 18.2 Å². The molecule has 1 aliphatic carbocycles. The zero-order chi connectivity index (χ0) is 19.7. The van der Waals surface area contributed by atoms with Gasteiger partial charge in [0.25, 0.3) is 10.0 Å². The number of nitrogens with one attached hydrogen (secondary N) is 2. The lowest BCUT2D eigenvalue weighted by Crippen LogP contribution is -2.21. The van der Waals surface area contributed by atoms with Crippen molar-refractivity contribution in [2.75, 3.05) is 16.6 Å². The highest BCUT2D eigenvalue weighted by atomic mass is 32.2. The summed E-state index contributed by atoms with van der Waals surface area (Å²) in [5, 5.41) is 3.74. The molecular weight excluding hydrogens is 376 g/mol. The summed E-state index contributed by atoms with van der Waals surface area (Å²) in [5.41, 5.74) is 2.26. The van der Waals surface area contributed by atoms with E-state index in [1.165, 1.54) is 5.56 Å². The molecule has 0 aliphatic heterocycles. The third kappa shape index (κ3) is 3.38. The number of hydrogen-bond donors (Lipinski definition) is 2. The Hall–Kier alpha value is -2.80. The molecule has 1 aliphatic rings. The topological polar surface area (TPSA) is 88.4 Å². The van der Waals surface area contributed by atoms with Gasteiger partial charge in [-0.25, -0.2) is 13.2 Å². The molecule has 3 aromatic rings. The number of para-hydroxylation sites is 1. The first kappa shape index (κ1) is 18.6. The fourth-order valence-electron chi connectivity index (χ4n) is 3.67. The summed E-state index contributed by atoms with van der Waals surface area (Å²) in [6.45, 7) is 2.41.